The smallest absolute Gasteiger partial charge is 0.0593 e. The van der Waals surface area contributed by atoms with Crippen molar-refractivity contribution in [2.75, 3.05) is 39.9 Å². The Morgan fingerprint density at radius 1 is 1.36 bits per heavy atom. The fraction of sp³-hybridized carbons (Fsp3) is 1.00. The van der Waals surface area contributed by atoms with E-state index in [1.54, 1.807) is 0 Å². The number of likely N-dealkylation sites (N-methyl/N-ethyl adjacent to an activating group) is 1. The van der Waals surface area contributed by atoms with E-state index in [0.29, 0.717) is 6.04 Å². The van der Waals surface area contributed by atoms with E-state index >= 15 is 0 Å². The minimum absolute atomic E-state index is 0.651. The molecular weight excluding hydrogens is 176 g/mol. The third-order valence-electron chi connectivity index (χ3n) is 2.84. The molecular formula is C11H24N2O. The summed E-state index contributed by atoms with van der Waals surface area (Å²) in [5, 5.41) is 3.39. The van der Waals surface area contributed by atoms with Gasteiger partial charge in [0.25, 0.3) is 0 Å². The molecule has 1 unspecified atom stereocenters. The number of nitrogens with one attached hydrogen (secondary N) is 1. The Morgan fingerprint density at radius 2 is 2.21 bits per heavy atom. The highest BCUT2D eigenvalue weighted by atomic mass is 16.5. The van der Waals surface area contributed by atoms with Gasteiger partial charge in [0.2, 0.25) is 0 Å². The van der Waals surface area contributed by atoms with Crippen molar-refractivity contribution in [1.82, 2.24) is 10.2 Å². The molecule has 0 bridgehead atoms. The SMILES string of the molecule is CCCC(CN1CCCOCC1)NC. The summed E-state index contributed by atoms with van der Waals surface area (Å²) in [4.78, 5) is 2.52. The van der Waals surface area contributed by atoms with Gasteiger partial charge in [-0.05, 0) is 19.9 Å². The Kier molecular flexibility index (Phi) is 6.15. The van der Waals surface area contributed by atoms with Crippen molar-refractivity contribution >= 4 is 0 Å². The van der Waals surface area contributed by atoms with E-state index in [1.165, 1.54) is 32.4 Å². The molecule has 1 N–H and O–H groups in total. The predicted octanol–water partition coefficient (Wildman–Crippen LogP) is 1.10. The fourth-order valence-electron chi connectivity index (χ4n) is 1.97. The van der Waals surface area contributed by atoms with E-state index in [1.807, 2.05) is 0 Å². The predicted molar refractivity (Wildman–Crippen MR) is 59.6 cm³/mol. The molecule has 0 aromatic rings. The molecule has 0 spiro atoms. The molecule has 0 radical (unpaired) electrons. The first-order valence-electron chi connectivity index (χ1n) is 5.84. The molecule has 1 rings (SSSR count). The van der Waals surface area contributed by atoms with Gasteiger partial charge < -0.3 is 10.1 Å². The van der Waals surface area contributed by atoms with E-state index in [9.17, 15) is 0 Å². The van der Waals surface area contributed by atoms with Crippen molar-refractivity contribution < 1.29 is 4.74 Å². The maximum Gasteiger partial charge on any atom is 0.0593 e. The van der Waals surface area contributed by atoms with Crippen molar-refractivity contribution in [2.24, 2.45) is 0 Å². The molecule has 1 heterocycles. The molecule has 0 aromatic carbocycles. The number of hydrogen-bond donors (Lipinski definition) is 1. The van der Waals surface area contributed by atoms with Crippen molar-refractivity contribution in [2.45, 2.75) is 32.2 Å². The number of hydrogen-bond acceptors (Lipinski definition) is 3. The summed E-state index contributed by atoms with van der Waals surface area (Å²) >= 11 is 0. The van der Waals surface area contributed by atoms with Gasteiger partial charge in [-0.15, -0.1) is 0 Å². The highest BCUT2D eigenvalue weighted by Gasteiger charge is 2.13. The number of ether oxygens (including phenoxy) is 1. The lowest BCUT2D eigenvalue weighted by Crippen LogP contribution is -2.40. The summed E-state index contributed by atoms with van der Waals surface area (Å²) in [7, 11) is 2.06. The molecule has 1 aliphatic heterocycles. The first-order chi connectivity index (χ1) is 6.86. The van der Waals surface area contributed by atoms with Gasteiger partial charge in [0.15, 0.2) is 0 Å². The van der Waals surface area contributed by atoms with Gasteiger partial charge in [-0.1, -0.05) is 13.3 Å². The zero-order valence-electron chi connectivity index (χ0n) is 9.59. The number of nitrogens with zero attached hydrogens (tertiary/aromatic N) is 1. The van der Waals surface area contributed by atoms with Gasteiger partial charge in [-0.2, -0.15) is 0 Å². The zero-order chi connectivity index (χ0) is 10.2. The lowest BCUT2D eigenvalue weighted by molar-refractivity contribution is 0.139. The van der Waals surface area contributed by atoms with E-state index in [0.717, 1.165) is 19.8 Å². The van der Waals surface area contributed by atoms with E-state index in [4.69, 9.17) is 4.74 Å². The lowest BCUT2D eigenvalue weighted by atomic mass is 10.1. The summed E-state index contributed by atoms with van der Waals surface area (Å²) in [6, 6.07) is 0.651. The van der Waals surface area contributed by atoms with Crippen LogP contribution >= 0.6 is 0 Å². The molecule has 0 aliphatic carbocycles. The molecule has 0 amide bonds. The second-order valence-corrected chi connectivity index (χ2v) is 4.04. The first kappa shape index (κ1) is 12.0. The second-order valence-electron chi connectivity index (χ2n) is 4.04. The Hall–Kier alpha value is -0.120. The molecule has 0 saturated carbocycles. The molecule has 1 aliphatic rings. The van der Waals surface area contributed by atoms with E-state index in [2.05, 4.69) is 24.2 Å². The van der Waals surface area contributed by atoms with Crippen LogP contribution in [0.4, 0.5) is 0 Å². The van der Waals surface area contributed by atoms with Crippen LogP contribution in [0, 0.1) is 0 Å². The topological polar surface area (TPSA) is 24.5 Å². The molecule has 1 atom stereocenters. The van der Waals surface area contributed by atoms with Gasteiger partial charge in [0.1, 0.15) is 0 Å². The highest BCUT2D eigenvalue weighted by molar-refractivity contribution is 4.71. The van der Waals surface area contributed by atoms with Gasteiger partial charge in [0.05, 0.1) is 6.61 Å². The third-order valence-corrected chi connectivity index (χ3v) is 2.84. The van der Waals surface area contributed by atoms with Crippen LogP contribution in [-0.4, -0.2) is 50.8 Å². The maximum atomic E-state index is 5.44. The molecule has 1 fully saturated rings. The molecule has 1 saturated heterocycles. The van der Waals surface area contributed by atoms with Gasteiger partial charge in [-0.3, -0.25) is 4.90 Å². The standard InChI is InChI=1S/C11H24N2O/c1-3-5-11(12-2)10-13-6-4-8-14-9-7-13/h11-12H,3-10H2,1-2H3. The highest BCUT2D eigenvalue weighted by Crippen LogP contribution is 2.03. The Bertz CT molecular complexity index is 133. The average molecular weight is 200 g/mol. The van der Waals surface area contributed by atoms with Crippen LogP contribution in [0.5, 0.6) is 0 Å². The van der Waals surface area contributed by atoms with Crippen molar-refractivity contribution in [3.8, 4) is 0 Å². The van der Waals surface area contributed by atoms with Crippen LogP contribution in [0.2, 0.25) is 0 Å². The summed E-state index contributed by atoms with van der Waals surface area (Å²) in [5.41, 5.74) is 0. The maximum absolute atomic E-state index is 5.44. The molecule has 0 aromatic heterocycles. The largest absolute Gasteiger partial charge is 0.380 e. The average Bonchev–Trinajstić information content (AvgIpc) is 2.45. The van der Waals surface area contributed by atoms with Crippen molar-refractivity contribution in [3.05, 3.63) is 0 Å². The van der Waals surface area contributed by atoms with Crippen LogP contribution in [-0.2, 0) is 4.74 Å². The molecule has 14 heavy (non-hydrogen) atoms. The lowest BCUT2D eigenvalue weighted by Gasteiger charge is -2.25. The first-order valence-corrected chi connectivity index (χ1v) is 5.84. The summed E-state index contributed by atoms with van der Waals surface area (Å²) in [6.45, 7) is 7.56. The Labute approximate surface area is 87.8 Å². The Morgan fingerprint density at radius 3 is 2.93 bits per heavy atom. The van der Waals surface area contributed by atoms with Crippen LogP contribution in [0.3, 0.4) is 0 Å². The normalized spacial score (nSPS) is 21.9. The fourth-order valence-corrected chi connectivity index (χ4v) is 1.97. The van der Waals surface area contributed by atoms with E-state index < -0.39 is 0 Å². The number of rotatable bonds is 5. The summed E-state index contributed by atoms with van der Waals surface area (Å²) in [5.74, 6) is 0. The van der Waals surface area contributed by atoms with Crippen LogP contribution in [0.1, 0.15) is 26.2 Å². The zero-order valence-corrected chi connectivity index (χ0v) is 9.59. The van der Waals surface area contributed by atoms with E-state index in [-0.39, 0.29) is 0 Å². The summed E-state index contributed by atoms with van der Waals surface area (Å²) in [6.07, 6.45) is 3.71. The van der Waals surface area contributed by atoms with Crippen LogP contribution in [0.25, 0.3) is 0 Å². The quantitative estimate of drug-likeness (QED) is 0.719. The minimum Gasteiger partial charge on any atom is -0.380 e. The van der Waals surface area contributed by atoms with Gasteiger partial charge >= 0.3 is 0 Å². The molecule has 3 heteroatoms. The minimum atomic E-state index is 0.651. The third kappa shape index (κ3) is 4.40. The Balaban J connectivity index is 2.24. The molecule has 3 nitrogen and oxygen atoms in total. The van der Waals surface area contributed by atoms with Crippen LogP contribution in [0.15, 0.2) is 0 Å². The van der Waals surface area contributed by atoms with Crippen molar-refractivity contribution in [1.29, 1.82) is 0 Å². The second kappa shape index (κ2) is 7.21. The summed E-state index contributed by atoms with van der Waals surface area (Å²) < 4.78 is 5.44. The molecule has 84 valence electrons. The van der Waals surface area contributed by atoms with Gasteiger partial charge in [-0.25, -0.2) is 0 Å². The monoisotopic (exact) mass is 200 g/mol. The van der Waals surface area contributed by atoms with Crippen LogP contribution < -0.4 is 5.32 Å². The van der Waals surface area contributed by atoms with Crippen molar-refractivity contribution in [3.63, 3.8) is 0 Å². The van der Waals surface area contributed by atoms with Gasteiger partial charge in [0, 0.05) is 32.3 Å².